The summed E-state index contributed by atoms with van der Waals surface area (Å²) < 4.78 is 0. The number of benzene rings is 1. The van der Waals surface area contributed by atoms with Crippen molar-refractivity contribution in [1.82, 2.24) is 20.3 Å². The fraction of sp³-hybridized carbons (Fsp3) is 0.133. The molecule has 0 saturated carbocycles. The molecule has 1 unspecified atom stereocenters. The number of aromatic amines is 1. The summed E-state index contributed by atoms with van der Waals surface area (Å²) in [6.45, 7) is 1.89. The lowest BCUT2D eigenvalue weighted by Crippen LogP contribution is -2.27. The number of pyridine rings is 1. The maximum absolute atomic E-state index is 12.1. The molecule has 0 saturated heterocycles. The Balaban J connectivity index is 1.79. The van der Waals surface area contributed by atoms with Gasteiger partial charge in [-0.2, -0.15) is 0 Å². The maximum atomic E-state index is 12.1. The van der Waals surface area contributed by atoms with Crippen LogP contribution >= 0.6 is 0 Å². The minimum atomic E-state index is -0.199. The summed E-state index contributed by atoms with van der Waals surface area (Å²) >= 11 is 0. The predicted molar refractivity (Wildman–Crippen MR) is 76.2 cm³/mol. The third kappa shape index (κ3) is 2.38. The predicted octanol–water partition coefficient (Wildman–Crippen LogP) is 2.45. The number of nitrogens with zero attached hydrogens (tertiary/aromatic N) is 2. The van der Waals surface area contributed by atoms with E-state index in [1.165, 1.54) is 0 Å². The first-order valence-corrected chi connectivity index (χ1v) is 6.39. The summed E-state index contributed by atoms with van der Waals surface area (Å²) in [4.78, 5) is 23.7. The molecule has 5 heteroatoms. The molecular weight excluding hydrogens is 252 g/mol. The number of hydrogen-bond acceptors (Lipinski definition) is 3. The fourth-order valence-electron chi connectivity index (χ4n) is 2.02. The molecule has 2 N–H and O–H groups in total. The standard InChI is InChI=1S/C15H14N4O/c1-10(17-15(20)11-5-4-8-16-9-11)14-18-12-6-2-3-7-13(12)19-14/h2-10H,1H3,(H,17,20)(H,18,19). The average Bonchev–Trinajstić information content (AvgIpc) is 2.92. The number of aromatic nitrogens is 3. The van der Waals surface area contributed by atoms with Gasteiger partial charge in [0.25, 0.3) is 5.91 Å². The van der Waals surface area contributed by atoms with Gasteiger partial charge in [-0.1, -0.05) is 12.1 Å². The zero-order valence-electron chi connectivity index (χ0n) is 11.0. The summed E-state index contributed by atoms with van der Waals surface area (Å²) in [5.41, 5.74) is 2.39. The molecule has 3 rings (SSSR count). The van der Waals surface area contributed by atoms with Crippen LogP contribution in [-0.4, -0.2) is 20.9 Å². The lowest BCUT2D eigenvalue weighted by molar-refractivity contribution is 0.0938. The normalized spacial score (nSPS) is 12.2. The SMILES string of the molecule is CC(NC(=O)c1cccnc1)c1nc2ccccc2[nH]1. The topological polar surface area (TPSA) is 70.7 Å². The van der Waals surface area contributed by atoms with Gasteiger partial charge in [0, 0.05) is 12.4 Å². The van der Waals surface area contributed by atoms with E-state index in [2.05, 4.69) is 20.3 Å². The number of carbonyl (C=O) groups excluding carboxylic acids is 1. The third-order valence-electron chi connectivity index (χ3n) is 3.09. The third-order valence-corrected chi connectivity index (χ3v) is 3.09. The minimum Gasteiger partial charge on any atom is -0.342 e. The number of hydrogen-bond donors (Lipinski definition) is 2. The first-order valence-electron chi connectivity index (χ1n) is 6.39. The van der Waals surface area contributed by atoms with E-state index < -0.39 is 0 Å². The molecule has 100 valence electrons. The second kappa shape index (κ2) is 5.13. The van der Waals surface area contributed by atoms with Gasteiger partial charge in [-0.3, -0.25) is 9.78 Å². The maximum Gasteiger partial charge on any atom is 0.253 e. The van der Waals surface area contributed by atoms with Crippen LogP contribution in [0.2, 0.25) is 0 Å². The second-order valence-electron chi connectivity index (χ2n) is 4.58. The van der Waals surface area contributed by atoms with E-state index in [0.717, 1.165) is 16.9 Å². The number of amides is 1. The summed E-state index contributed by atoms with van der Waals surface area (Å²) in [5.74, 6) is 0.578. The first kappa shape index (κ1) is 12.3. The van der Waals surface area contributed by atoms with Gasteiger partial charge in [0.1, 0.15) is 5.82 Å². The number of fused-ring (bicyclic) bond motifs is 1. The highest BCUT2D eigenvalue weighted by Crippen LogP contribution is 2.15. The molecule has 20 heavy (non-hydrogen) atoms. The van der Waals surface area contributed by atoms with E-state index in [-0.39, 0.29) is 11.9 Å². The van der Waals surface area contributed by atoms with Crippen molar-refractivity contribution in [3.8, 4) is 0 Å². The molecule has 0 aliphatic carbocycles. The zero-order valence-corrected chi connectivity index (χ0v) is 11.0. The lowest BCUT2D eigenvalue weighted by atomic mass is 10.2. The molecule has 2 aromatic heterocycles. The molecule has 1 atom stereocenters. The van der Waals surface area contributed by atoms with Crippen molar-refractivity contribution in [2.24, 2.45) is 0 Å². The highest BCUT2D eigenvalue weighted by Gasteiger charge is 2.14. The van der Waals surface area contributed by atoms with E-state index >= 15 is 0 Å². The van der Waals surface area contributed by atoms with Crippen LogP contribution in [0.3, 0.4) is 0 Å². The number of nitrogens with one attached hydrogen (secondary N) is 2. The highest BCUT2D eigenvalue weighted by atomic mass is 16.1. The summed E-state index contributed by atoms with van der Waals surface area (Å²) in [6.07, 6.45) is 3.18. The molecule has 5 nitrogen and oxygen atoms in total. The molecule has 1 amide bonds. The molecule has 2 heterocycles. The van der Waals surface area contributed by atoms with E-state index in [4.69, 9.17) is 0 Å². The van der Waals surface area contributed by atoms with E-state index in [1.807, 2.05) is 31.2 Å². The molecule has 0 aliphatic heterocycles. The van der Waals surface area contributed by atoms with Gasteiger partial charge < -0.3 is 10.3 Å². The molecule has 0 fully saturated rings. The van der Waals surface area contributed by atoms with Crippen molar-refractivity contribution in [2.75, 3.05) is 0 Å². The van der Waals surface area contributed by atoms with Gasteiger partial charge in [0.05, 0.1) is 22.6 Å². The summed E-state index contributed by atoms with van der Waals surface area (Å²) in [6, 6.07) is 11.0. The van der Waals surface area contributed by atoms with Crippen molar-refractivity contribution in [2.45, 2.75) is 13.0 Å². The van der Waals surface area contributed by atoms with Crippen LogP contribution in [0.25, 0.3) is 11.0 Å². The Labute approximate surface area is 116 Å². The van der Waals surface area contributed by atoms with Crippen LogP contribution in [0.5, 0.6) is 0 Å². The van der Waals surface area contributed by atoms with Crippen LogP contribution in [0, 0.1) is 0 Å². The Hall–Kier alpha value is -2.69. The Morgan fingerprint density at radius 3 is 2.85 bits per heavy atom. The molecule has 0 spiro atoms. The Morgan fingerprint density at radius 2 is 2.10 bits per heavy atom. The van der Waals surface area contributed by atoms with Gasteiger partial charge in [0.2, 0.25) is 0 Å². The van der Waals surface area contributed by atoms with E-state index in [0.29, 0.717) is 5.56 Å². The van der Waals surface area contributed by atoms with Gasteiger partial charge in [0.15, 0.2) is 0 Å². The molecule has 0 bridgehead atoms. The van der Waals surface area contributed by atoms with E-state index in [9.17, 15) is 4.79 Å². The first-order chi connectivity index (χ1) is 9.74. The van der Waals surface area contributed by atoms with Crippen molar-refractivity contribution < 1.29 is 4.79 Å². The number of imidazole rings is 1. The van der Waals surface area contributed by atoms with Crippen molar-refractivity contribution in [1.29, 1.82) is 0 Å². The van der Waals surface area contributed by atoms with Crippen LogP contribution in [-0.2, 0) is 0 Å². The summed E-state index contributed by atoms with van der Waals surface area (Å²) in [5, 5.41) is 2.90. The zero-order chi connectivity index (χ0) is 13.9. The quantitative estimate of drug-likeness (QED) is 0.765. The largest absolute Gasteiger partial charge is 0.342 e. The smallest absolute Gasteiger partial charge is 0.253 e. The van der Waals surface area contributed by atoms with Crippen LogP contribution in [0.15, 0.2) is 48.8 Å². The van der Waals surface area contributed by atoms with Gasteiger partial charge in [-0.25, -0.2) is 4.98 Å². The van der Waals surface area contributed by atoms with Crippen molar-refractivity contribution >= 4 is 16.9 Å². The van der Waals surface area contributed by atoms with Gasteiger partial charge in [-0.05, 0) is 31.2 Å². The van der Waals surface area contributed by atoms with Crippen LogP contribution in [0.4, 0.5) is 0 Å². The summed E-state index contributed by atoms with van der Waals surface area (Å²) in [7, 11) is 0. The Bertz CT molecular complexity index is 703. The molecule has 0 aliphatic rings. The molecule has 3 aromatic rings. The van der Waals surface area contributed by atoms with Crippen molar-refractivity contribution in [3.05, 3.63) is 60.2 Å². The minimum absolute atomic E-state index is 0.161. The second-order valence-corrected chi connectivity index (χ2v) is 4.58. The average molecular weight is 266 g/mol. The molecule has 0 radical (unpaired) electrons. The lowest BCUT2D eigenvalue weighted by Gasteiger charge is -2.11. The monoisotopic (exact) mass is 266 g/mol. The number of rotatable bonds is 3. The Morgan fingerprint density at radius 1 is 1.25 bits per heavy atom. The van der Waals surface area contributed by atoms with Crippen molar-refractivity contribution in [3.63, 3.8) is 0 Å². The number of carbonyl (C=O) groups is 1. The van der Waals surface area contributed by atoms with E-state index in [1.54, 1.807) is 24.5 Å². The van der Waals surface area contributed by atoms with Gasteiger partial charge >= 0.3 is 0 Å². The van der Waals surface area contributed by atoms with Gasteiger partial charge in [-0.15, -0.1) is 0 Å². The molecular formula is C15H14N4O. The Kier molecular flexibility index (Phi) is 3.16. The number of H-pyrrole nitrogens is 1. The van der Waals surface area contributed by atoms with Crippen LogP contribution < -0.4 is 5.32 Å². The fourth-order valence-corrected chi connectivity index (χ4v) is 2.02. The number of para-hydroxylation sites is 2. The van der Waals surface area contributed by atoms with Crippen LogP contribution in [0.1, 0.15) is 29.1 Å². The molecule has 1 aromatic carbocycles. The highest BCUT2D eigenvalue weighted by molar-refractivity contribution is 5.94.